The molecule has 3 rings (SSSR count). The van der Waals surface area contributed by atoms with Gasteiger partial charge in [-0.05, 0) is 61.1 Å². The second kappa shape index (κ2) is 13.6. The Morgan fingerprint density at radius 3 is 2.41 bits per heavy atom. The number of halogens is 1. The fraction of sp³-hybridized carbons (Fsp3) is 0.448. The Labute approximate surface area is 240 Å². The maximum Gasteiger partial charge on any atom is 0.303 e. The van der Waals surface area contributed by atoms with E-state index in [-0.39, 0.29) is 52.9 Å². The molecule has 2 aromatic rings. The molecule has 39 heavy (non-hydrogen) atoms. The Balaban J connectivity index is 0.00000533. The van der Waals surface area contributed by atoms with Gasteiger partial charge in [0.15, 0.2) is 5.78 Å². The third kappa shape index (κ3) is 7.81. The number of carboxylic acid groups (broad SMARTS) is 1. The summed E-state index contributed by atoms with van der Waals surface area (Å²) >= 11 is 0. The number of hydrogen-bond donors (Lipinski definition) is 3. The summed E-state index contributed by atoms with van der Waals surface area (Å²) in [6, 6.07) is 8.81. The lowest BCUT2D eigenvalue weighted by atomic mass is 9.85. The molecule has 0 unspecified atom stereocenters. The van der Waals surface area contributed by atoms with Gasteiger partial charge in [-0.15, -0.1) is 17.0 Å². The zero-order valence-electron chi connectivity index (χ0n) is 23.2. The molecule has 0 bridgehead atoms. The molecule has 9 nitrogen and oxygen atoms in total. The van der Waals surface area contributed by atoms with E-state index < -0.39 is 5.97 Å². The number of hydrogen-bond acceptors (Lipinski definition) is 6. The number of rotatable bonds is 12. The van der Waals surface area contributed by atoms with E-state index in [4.69, 9.17) is 20.0 Å². The van der Waals surface area contributed by atoms with Crippen molar-refractivity contribution in [2.75, 3.05) is 26.8 Å². The molecule has 1 aliphatic heterocycles. The molecule has 0 aromatic heterocycles. The third-order valence-corrected chi connectivity index (χ3v) is 6.40. The normalized spacial score (nSPS) is 12.4. The summed E-state index contributed by atoms with van der Waals surface area (Å²) < 4.78 is 11.6. The predicted octanol–water partition coefficient (Wildman–Crippen LogP) is 4.98. The zero-order valence-corrected chi connectivity index (χ0v) is 24.9. The summed E-state index contributed by atoms with van der Waals surface area (Å²) in [6.07, 6.45) is 1.27. The molecule has 1 aliphatic rings. The Hall–Kier alpha value is -3.40. The van der Waals surface area contributed by atoms with Crippen LogP contribution in [0.15, 0.2) is 30.3 Å². The van der Waals surface area contributed by atoms with Gasteiger partial charge in [0.05, 0.1) is 25.3 Å². The first-order chi connectivity index (χ1) is 18.0. The molecular weight excluding hydrogens is 566 g/mol. The minimum absolute atomic E-state index is 0. The first kappa shape index (κ1) is 31.8. The SMILES string of the molecule is Br.CCOc1cc2c(cc1C(=O)NC)C(=N)N(CC(=O)c1ccc(OCCCCC(=O)O)c(C(C)(C)C)c1)C2. The summed E-state index contributed by atoms with van der Waals surface area (Å²) in [5.74, 6) is 0.0869. The number of nitrogens with zero attached hydrogens (tertiary/aromatic N) is 1. The minimum Gasteiger partial charge on any atom is -0.493 e. The van der Waals surface area contributed by atoms with Gasteiger partial charge in [0.1, 0.15) is 17.3 Å². The number of amidine groups is 1. The number of carboxylic acids is 1. The van der Waals surface area contributed by atoms with Crippen LogP contribution >= 0.6 is 17.0 Å². The Bertz CT molecular complexity index is 1240. The lowest BCUT2D eigenvalue weighted by Gasteiger charge is -2.24. The maximum absolute atomic E-state index is 13.3. The van der Waals surface area contributed by atoms with E-state index in [1.807, 2.05) is 33.8 Å². The van der Waals surface area contributed by atoms with Crippen molar-refractivity contribution in [2.24, 2.45) is 0 Å². The van der Waals surface area contributed by atoms with E-state index in [1.165, 1.54) is 0 Å². The number of ether oxygens (including phenoxy) is 2. The standard InChI is InChI=1S/C29H37N3O6.BrH/c1-6-37-25-14-19-16-32(27(30)20(19)15-21(25)28(36)31-5)17-23(33)18-10-11-24(22(13-18)29(2,3)4)38-12-8-7-9-26(34)35;/h10-11,13-15,30H,6-9,12,16-17H2,1-5H3,(H,31,36)(H,34,35);1H. The molecule has 212 valence electrons. The van der Waals surface area contributed by atoms with E-state index in [9.17, 15) is 14.4 Å². The van der Waals surface area contributed by atoms with Crippen molar-refractivity contribution in [3.05, 3.63) is 58.1 Å². The number of aliphatic carboxylic acids is 1. The molecule has 3 N–H and O–H groups in total. The van der Waals surface area contributed by atoms with Crippen molar-refractivity contribution in [2.45, 2.75) is 58.9 Å². The minimum atomic E-state index is -0.820. The average Bonchev–Trinajstić information content (AvgIpc) is 3.16. The monoisotopic (exact) mass is 603 g/mol. The number of benzene rings is 2. The Morgan fingerprint density at radius 1 is 1.08 bits per heavy atom. The summed E-state index contributed by atoms with van der Waals surface area (Å²) in [6.45, 7) is 9.16. The second-order valence-electron chi connectivity index (χ2n) is 10.3. The van der Waals surface area contributed by atoms with Crippen LogP contribution in [0.4, 0.5) is 0 Å². The average molecular weight is 605 g/mol. The van der Waals surface area contributed by atoms with Crippen LogP contribution in [0.2, 0.25) is 0 Å². The number of carbonyl (C=O) groups is 3. The zero-order chi connectivity index (χ0) is 28.0. The predicted molar refractivity (Wildman–Crippen MR) is 155 cm³/mol. The number of ketones is 1. The van der Waals surface area contributed by atoms with E-state index in [0.29, 0.717) is 60.8 Å². The van der Waals surface area contributed by atoms with Crippen LogP contribution in [0.25, 0.3) is 0 Å². The molecule has 0 fully saturated rings. The van der Waals surface area contributed by atoms with Crippen molar-refractivity contribution in [3.8, 4) is 11.5 Å². The summed E-state index contributed by atoms with van der Waals surface area (Å²) in [5.41, 5.74) is 2.94. The smallest absolute Gasteiger partial charge is 0.303 e. The topological polar surface area (TPSA) is 129 Å². The van der Waals surface area contributed by atoms with Crippen LogP contribution < -0.4 is 14.8 Å². The lowest BCUT2D eigenvalue weighted by Crippen LogP contribution is -2.30. The molecule has 10 heteroatoms. The van der Waals surface area contributed by atoms with Crippen LogP contribution in [0.1, 0.15) is 84.4 Å². The lowest BCUT2D eigenvalue weighted by molar-refractivity contribution is -0.137. The number of fused-ring (bicyclic) bond motifs is 1. The second-order valence-corrected chi connectivity index (χ2v) is 10.3. The Kier molecular flexibility index (Phi) is 11.1. The van der Waals surface area contributed by atoms with Crippen LogP contribution in [-0.4, -0.2) is 60.3 Å². The molecule has 0 aliphatic carbocycles. The number of carbonyl (C=O) groups excluding carboxylic acids is 2. The largest absolute Gasteiger partial charge is 0.493 e. The van der Waals surface area contributed by atoms with E-state index in [2.05, 4.69) is 5.32 Å². The van der Waals surface area contributed by atoms with Gasteiger partial charge < -0.3 is 24.8 Å². The molecular formula is C29H38BrN3O6. The quantitative estimate of drug-likeness (QED) is 0.230. The first-order valence-corrected chi connectivity index (χ1v) is 12.8. The number of Topliss-reactive ketones (excluding diaryl/α,β-unsaturated/α-hetero) is 1. The molecule has 0 saturated carbocycles. The van der Waals surface area contributed by atoms with Crippen LogP contribution in [0, 0.1) is 5.41 Å². The van der Waals surface area contributed by atoms with E-state index in [1.54, 1.807) is 36.2 Å². The molecule has 0 spiro atoms. The highest BCUT2D eigenvalue weighted by molar-refractivity contribution is 8.93. The first-order valence-electron chi connectivity index (χ1n) is 12.8. The highest BCUT2D eigenvalue weighted by Crippen LogP contribution is 2.34. The van der Waals surface area contributed by atoms with Crippen molar-refractivity contribution in [3.63, 3.8) is 0 Å². The van der Waals surface area contributed by atoms with Gasteiger partial charge >= 0.3 is 5.97 Å². The van der Waals surface area contributed by atoms with Gasteiger partial charge in [0, 0.05) is 36.7 Å². The molecule has 2 aromatic carbocycles. The van der Waals surface area contributed by atoms with Crippen LogP contribution in [0.3, 0.4) is 0 Å². The number of unbranched alkanes of at least 4 members (excludes halogenated alkanes) is 1. The maximum atomic E-state index is 13.3. The summed E-state index contributed by atoms with van der Waals surface area (Å²) in [7, 11) is 1.54. The van der Waals surface area contributed by atoms with Crippen molar-refractivity contribution in [1.82, 2.24) is 10.2 Å². The molecule has 0 atom stereocenters. The number of amides is 1. The van der Waals surface area contributed by atoms with E-state index >= 15 is 0 Å². The molecule has 0 radical (unpaired) electrons. The molecule has 1 heterocycles. The number of nitrogens with one attached hydrogen (secondary N) is 2. The Morgan fingerprint density at radius 2 is 1.79 bits per heavy atom. The van der Waals surface area contributed by atoms with Crippen molar-refractivity contribution in [1.29, 1.82) is 5.41 Å². The van der Waals surface area contributed by atoms with Gasteiger partial charge in [-0.3, -0.25) is 19.8 Å². The van der Waals surface area contributed by atoms with Gasteiger partial charge in [0.2, 0.25) is 0 Å². The van der Waals surface area contributed by atoms with Crippen molar-refractivity contribution >= 4 is 40.5 Å². The third-order valence-electron chi connectivity index (χ3n) is 6.40. The van der Waals surface area contributed by atoms with Crippen LogP contribution in [0.5, 0.6) is 11.5 Å². The fourth-order valence-electron chi connectivity index (χ4n) is 4.39. The summed E-state index contributed by atoms with van der Waals surface area (Å²) in [4.78, 5) is 38.1. The van der Waals surface area contributed by atoms with Gasteiger partial charge in [0.25, 0.3) is 5.91 Å². The summed E-state index contributed by atoms with van der Waals surface area (Å²) in [5, 5.41) is 20.1. The fourth-order valence-corrected chi connectivity index (χ4v) is 4.39. The van der Waals surface area contributed by atoms with Gasteiger partial charge in [-0.2, -0.15) is 0 Å². The van der Waals surface area contributed by atoms with Gasteiger partial charge in [-0.25, -0.2) is 0 Å². The highest BCUT2D eigenvalue weighted by Gasteiger charge is 2.30. The molecule has 0 saturated heterocycles. The highest BCUT2D eigenvalue weighted by atomic mass is 79.9. The van der Waals surface area contributed by atoms with Crippen molar-refractivity contribution < 1.29 is 29.0 Å². The van der Waals surface area contributed by atoms with Crippen LogP contribution in [-0.2, 0) is 16.8 Å². The van der Waals surface area contributed by atoms with Gasteiger partial charge in [-0.1, -0.05) is 20.8 Å². The van der Waals surface area contributed by atoms with E-state index in [0.717, 1.165) is 11.1 Å². The molecule has 1 amide bonds.